The van der Waals surface area contributed by atoms with Crippen LogP contribution < -0.4 is 0 Å². The Hall–Kier alpha value is -0.920. The molecule has 0 saturated carbocycles. The predicted molar refractivity (Wildman–Crippen MR) is 75.2 cm³/mol. The third-order valence-electron chi connectivity index (χ3n) is 3.76. The van der Waals surface area contributed by atoms with Crippen LogP contribution in [0.1, 0.15) is 71.4 Å². The molecule has 102 valence electrons. The van der Waals surface area contributed by atoms with E-state index < -0.39 is 0 Å². The van der Waals surface area contributed by atoms with Crippen molar-refractivity contribution < 1.29 is 4.39 Å². The number of aromatic nitrogens is 1. The molecule has 0 fully saturated rings. The molecular formula is C16H26FN. The van der Waals surface area contributed by atoms with Crippen molar-refractivity contribution in [2.24, 2.45) is 0 Å². The molecule has 1 aromatic heterocycles. The standard InChI is InChI=1S/C16H26FN/c1-4-6-8-12-16(3,11-7-5-2)15-10-9-14(17)13-18-15/h9-10,13H,4-8,11-12H2,1-3H3. The first kappa shape index (κ1) is 15.1. The molecule has 1 heterocycles. The van der Waals surface area contributed by atoms with Gasteiger partial charge in [0.15, 0.2) is 0 Å². The van der Waals surface area contributed by atoms with Crippen LogP contribution in [0.4, 0.5) is 4.39 Å². The van der Waals surface area contributed by atoms with Gasteiger partial charge in [-0.1, -0.05) is 52.9 Å². The zero-order valence-corrected chi connectivity index (χ0v) is 12.0. The number of halogens is 1. The lowest BCUT2D eigenvalue weighted by atomic mass is 9.77. The molecule has 1 aromatic rings. The van der Waals surface area contributed by atoms with Crippen molar-refractivity contribution >= 4 is 0 Å². The minimum absolute atomic E-state index is 0.110. The van der Waals surface area contributed by atoms with Gasteiger partial charge < -0.3 is 0 Å². The van der Waals surface area contributed by atoms with E-state index in [0.29, 0.717) is 0 Å². The largest absolute Gasteiger partial charge is 0.258 e. The Morgan fingerprint density at radius 2 is 1.72 bits per heavy atom. The van der Waals surface area contributed by atoms with E-state index in [9.17, 15) is 4.39 Å². The van der Waals surface area contributed by atoms with Gasteiger partial charge in [0.25, 0.3) is 0 Å². The zero-order chi connectivity index (χ0) is 13.4. The van der Waals surface area contributed by atoms with E-state index in [1.54, 1.807) is 0 Å². The van der Waals surface area contributed by atoms with Crippen molar-refractivity contribution in [1.29, 1.82) is 0 Å². The molecule has 0 spiro atoms. The van der Waals surface area contributed by atoms with Crippen LogP contribution in [0.25, 0.3) is 0 Å². The minimum Gasteiger partial charge on any atom is -0.258 e. The third kappa shape index (κ3) is 4.40. The molecule has 2 heteroatoms. The maximum absolute atomic E-state index is 13.0. The van der Waals surface area contributed by atoms with Crippen molar-refractivity contribution in [3.8, 4) is 0 Å². The molecule has 18 heavy (non-hydrogen) atoms. The Morgan fingerprint density at radius 1 is 1.06 bits per heavy atom. The second-order valence-electron chi connectivity index (χ2n) is 5.48. The van der Waals surface area contributed by atoms with Crippen LogP contribution in [0.15, 0.2) is 18.3 Å². The van der Waals surface area contributed by atoms with E-state index >= 15 is 0 Å². The van der Waals surface area contributed by atoms with Gasteiger partial charge in [-0.2, -0.15) is 0 Å². The second-order valence-corrected chi connectivity index (χ2v) is 5.48. The number of pyridine rings is 1. The monoisotopic (exact) mass is 251 g/mol. The summed E-state index contributed by atoms with van der Waals surface area (Å²) >= 11 is 0. The van der Waals surface area contributed by atoms with Crippen LogP contribution in [0.3, 0.4) is 0 Å². The third-order valence-corrected chi connectivity index (χ3v) is 3.76. The van der Waals surface area contributed by atoms with E-state index in [1.807, 2.05) is 6.07 Å². The molecule has 0 N–H and O–H groups in total. The Kier molecular flexibility index (Phi) is 6.31. The van der Waals surface area contributed by atoms with Crippen LogP contribution in [0.5, 0.6) is 0 Å². The highest BCUT2D eigenvalue weighted by Crippen LogP contribution is 2.33. The molecule has 0 radical (unpaired) electrons. The molecular weight excluding hydrogens is 225 g/mol. The normalized spacial score (nSPS) is 14.4. The van der Waals surface area contributed by atoms with Gasteiger partial charge in [-0.05, 0) is 25.0 Å². The average molecular weight is 251 g/mol. The molecule has 0 saturated heterocycles. The van der Waals surface area contributed by atoms with Gasteiger partial charge >= 0.3 is 0 Å². The molecule has 0 aliphatic rings. The van der Waals surface area contributed by atoms with Crippen LogP contribution in [0, 0.1) is 5.82 Å². The number of unbranched alkanes of at least 4 members (excludes halogenated alkanes) is 3. The minimum atomic E-state index is -0.245. The maximum Gasteiger partial charge on any atom is 0.141 e. The van der Waals surface area contributed by atoms with Gasteiger partial charge in [-0.25, -0.2) is 4.39 Å². The first-order valence-corrected chi connectivity index (χ1v) is 7.24. The number of hydrogen-bond donors (Lipinski definition) is 0. The highest BCUT2D eigenvalue weighted by molar-refractivity contribution is 5.16. The smallest absolute Gasteiger partial charge is 0.141 e. The van der Waals surface area contributed by atoms with Crippen molar-refractivity contribution in [2.45, 2.75) is 71.1 Å². The van der Waals surface area contributed by atoms with Crippen LogP contribution in [-0.2, 0) is 5.41 Å². The van der Waals surface area contributed by atoms with Crippen molar-refractivity contribution in [2.75, 3.05) is 0 Å². The zero-order valence-electron chi connectivity index (χ0n) is 12.0. The highest BCUT2D eigenvalue weighted by atomic mass is 19.1. The highest BCUT2D eigenvalue weighted by Gasteiger charge is 2.26. The van der Waals surface area contributed by atoms with E-state index in [-0.39, 0.29) is 11.2 Å². The van der Waals surface area contributed by atoms with Gasteiger partial charge in [-0.3, -0.25) is 4.98 Å². The van der Waals surface area contributed by atoms with E-state index in [1.165, 1.54) is 44.4 Å². The van der Waals surface area contributed by atoms with Crippen LogP contribution >= 0.6 is 0 Å². The number of hydrogen-bond acceptors (Lipinski definition) is 1. The topological polar surface area (TPSA) is 12.9 Å². The molecule has 1 rings (SSSR count). The average Bonchev–Trinajstić information content (AvgIpc) is 2.37. The summed E-state index contributed by atoms with van der Waals surface area (Å²) in [5.41, 5.74) is 1.16. The van der Waals surface area contributed by atoms with Gasteiger partial charge in [0.1, 0.15) is 5.82 Å². The van der Waals surface area contributed by atoms with Crippen molar-refractivity contribution in [3.05, 3.63) is 29.8 Å². The van der Waals surface area contributed by atoms with Crippen molar-refractivity contribution in [3.63, 3.8) is 0 Å². The van der Waals surface area contributed by atoms with Gasteiger partial charge in [0.05, 0.1) is 6.20 Å². The Labute approximate surface area is 111 Å². The lowest BCUT2D eigenvalue weighted by Crippen LogP contribution is -2.23. The van der Waals surface area contributed by atoms with Crippen molar-refractivity contribution in [1.82, 2.24) is 4.98 Å². The molecule has 0 amide bonds. The molecule has 1 unspecified atom stereocenters. The summed E-state index contributed by atoms with van der Waals surface area (Å²) in [6.07, 6.45) is 9.79. The van der Waals surface area contributed by atoms with E-state index in [0.717, 1.165) is 18.5 Å². The SMILES string of the molecule is CCCCCC(C)(CCCC)c1ccc(F)cn1. The van der Waals surface area contributed by atoms with Crippen LogP contribution in [-0.4, -0.2) is 4.98 Å². The summed E-state index contributed by atoms with van der Waals surface area (Å²) in [5, 5.41) is 0. The summed E-state index contributed by atoms with van der Waals surface area (Å²) in [6, 6.07) is 3.39. The summed E-state index contributed by atoms with van der Waals surface area (Å²) in [7, 11) is 0. The predicted octanol–water partition coefficient (Wildman–Crippen LogP) is 5.25. The second kappa shape index (κ2) is 7.50. The van der Waals surface area contributed by atoms with E-state index in [2.05, 4.69) is 25.8 Å². The van der Waals surface area contributed by atoms with Gasteiger partial charge in [0, 0.05) is 11.1 Å². The maximum atomic E-state index is 13.0. The Morgan fingerprint density at radius 3 is 2.28 bits per heavy atom. The Balaban J connectivity index is 2.77. The molecule has 1 atom stereocenters. The fourth-order valence-corrected chi connectivity index (χ4v) is 2.45. The summed E-state index contributed by atoms with van der Waals surface area (Å²) in [5.74, 6) is -0.245. The summed E-state index contributed by atoms with van der Waals surface area (Å²) in [4.78, 5) is 4.31. The van der Waals surface area contributed by atoms with Crippen LogP contribution in [0.2, 0.25) is 0 Å². The first-order chi connectivity index (χ1) is 8.62. The number of rotatable bonds is 8. The molecule has 0 aliphatic carbocycles. The quantitative estimate of drug-likeness (QED) is 0.575. The summed E-state index contributed by atoms with van der Waals surface area (Å²) in [6.45, 7) is 6.71. The Bertz CT molecular complexity index is 333. The fourth-order valence-electron chi connectivity index (χ4n) is 2.45. The fraction of sp³-hybridized carbons (Fsp3) is 0.688. The van der Waals surface area contributed by atoms with Gasteiger partial charge in [-0.15, -0.1) is 0 Å². The molecule has 0 aliphatic heterocycles. The first-order valence-electron chi connectivity index (χ1n) is 7.24. The molecule has 1 nitrogen and oxygen atoms in total. The summed E-state index contributed by atoms with van der Waals surface area (Å²) < 4.78 is 13.0. The van der Waals surface area contributed by atoms with E-state index in [4.69, 9.17) is 0 Å². The molecule has 0 aromatic carbocycles. The lowest BCUT2D eigenvalue weighted by Gasteiger charge is -2.29. The lowest BCUT2D eigenvalue weighted by molar-refractivity contribution is 0.360. The van der Waals surface area contributed by atoms with Gasteiger partial charge in [0.2, 0.25) is 0 Å². The molecule has 0 bridgehead atoms. The number of nitrogens with zero attached hydrogens (tertiary/aromatic N) is 1.